The minimum absolute atomic E-state index is 0.147. The van der Waals surface area contributed by atoms with E-state index in [-0.39, 0.29) is 17.9 Å². The molecule has 2 unspecified atom stereocenters. The molecular formula is C12H16N2O. The summed E-state index contributed by atoms with van der Waals surface area (Å²) < 4.78 is 0. The summed E-state index contributed by atoms with van der Waals surface area (Å²) in [4.78, 5) is 15.7. The maximum absolute atomic E-state index is 11.3. The number of aromatic nitrogens is 1. The Labute approximate surface area is 89.9 Å². The van der Waals surface area contributed by atoms with Crippen molar-refractivity contribution in [1.29, 1.82) is 0 Å². The molecule has 0 bridgehead atoms. The van der Waals surface area contributed by atoms with Gasteiger partial charge in [-0.25, -0.2) is 0 Å². The first-order valence-electron chi connectivity index (χ1n) is 5.42. The second kappa shape index (κ2) is 4.01. The van der Waals surface area contributed by atoms with Crippen LogP contribution in [0, 0.1) is 6.92 Å². The van der Waals surface area contributed by atoms with Crippen LogP contribution in [0.4, 0.5) is 0 Å². The predicted octanol–water partition coefficient (Wildman–Crippen LogP) is 1.77. The molecule has 15 heavy (non-hydrogen) atoms. The Kier molecular flexibility index (Phi) is 2.71. The Balaban J connectivity index is 2.22. The van der Waals surface area contributed by atoms with E-state index in [1.165, 1.54) is 0 Å². The molecule has 2 rings (SSSR count). The maximum atomic E-state index is 11.3. The van der Waals surface area contributed by atoms with Crippen LogP contribution in [-0.4, -0.2) is 16.9 Å². The Morgan fingerprint density at radius 1 is 1.53 bits per heavy atom. The fourth-order valence-corrected chi connectivity index (χ4v) is 2.10. The van der Waals surface area contributed by atoms with Crippen LogP contribution in [0.25, 0.3) is 0 Å². The molecule has 1 fully saturated rings. The van der Waals surface area contributed by atoms with Gasteiger partial charge in [0.1, 0.15) is 0 Å². The highest BCUT2D eigenvalue weighted by Gasteiger charge is 2.32. The molecule has 0 spiro atoms. The second-order valence-corrected chi connectivity index (χ2v) is 4.15. The lowest BCUT2D eigenvalue weighted by Crippen LogP contribution is -2.27. The number of hydrogen-bond acceptors (Lipinski definition) is 2. The average molecular weight is 204 g/mol. The van der Waals surface area contributed by atoms with Crippen LogP contribution in [0.5, 0.6) is 0 Å². The van der Waals surface area contributed by atoms with E-state index in [1.807, 2.05) is 19.2 Å². The van der Waals surface area contributed by atoms with E-state index in [4.69, 9.17) is 0 Å². The highest BCUT2D eigenvalue weighted by atomic mass is 16.2. The van der Waals surface area contributed by atoms with E-state index in [1.54, 1.807) is 0 Å². The second-order valence-electron chi connectivity index (χ2n) is 4.15. The molecule has 1 saturated heterocycles. The molecule has 1 N–H and O–H groups in total. The van der Waals surface area contributed by atoms with E-state index in [0.717, 1.165) is 17.7 Å². The fourth-order valence-electron chi connectivity index (χ4n) is 2.10. The third kappa shape index (κ3) is 2.01. The highest BCUT2D eigenvalue weighted by Crippen LogP contribution is 2.28. The van der Waals surface area contributed by atoms with Crippen molar-refractivity contribution in [2.24, 2.45) is 0 Å². The molecule has 1 amide bonds. The Morgan fingerprint density at radius 3 is 2.93 bits per heavy atom. The van der Waals surface area contributed by atoms with Crippen LogP contribution in [0.2, 0.25) is 0 Å². The SMILES string of the molecule is CCC1NC(=O)CC1c1ccc(C)cn1. The predicted molar refractivity (Wildman–Crippen MR) is 58.6 cm³/mol. The standard InChI is InChI=1S/C12H16N2O/c1-3-10-9(6-12(15)14-10)11-5-4-8(2)7-13-11/h4-5,7,9-10H,3,6H2,1-2H3,(H,14,15). The molecule has 0 saturated carbocycles. The largest absolute Gasteiger partial charge is 0.353 e. The van der Waals surface area contributed by atoms with Crippen LogP contribution in [0.1, 0.15) is 36.9 Å². The third-order valence-corrected chi connectivity index (χ3v) is 2.99. The summed E-state index contributed by atoms with van der Waals surface area (Å²) in [7, 11) is 0. The van der Waals surface area contributed by atoms with Crippen molar-refractivity contribution < 1.29 is 4.79 Å². The zero-order valence-corrected chi connectivity index (χ0v) is 9.16. The number of amides is 1. The van der Waals surface area contributed by atoms with Crippen molar-refractivity contribution in [3.05, 3.63) is 29.6 Å². The smallest absolute Gasteiger partial charge is 0.220 e. The number of carbonyl (C=O) groups excluding carboxylic acids is 1. The molecule has 0 aliphatic carbocycles. The normalized spacial score (nSPS) is 25.3. The first-order valence-corrected chi connectivity index (χ1v) is 5.42. The van der Waals surface area contributed by atoms with Gasteiger partial charge in [0.15, 0.2) is 0 Å². The lowest BCUT2D eigenvalue weighted by Gasteiger charge is -2.16. The van der Waals surface area contributed by atoms with Crippen molar-refractivity contribution in [2.45, 2.75) is 38.6 Å². The van der Waals surface area contributed by atoms with Crippen LogP contribution >= 0.6 is 0 Å². The number of nitrogens with one attached hydrogen (secondary N) is 1. The highest BCUT2D eigenvalue weighted by molar-refractivity contribution is 5.80. The minimum Gasteiger partial charge on any atom is -0.353 e. The van der Waals surface area contributed by atoms with Gasteiger partial charge in [-0.3, -0.25) is 9.78 Å². The van der Waals surface area contributed by atoms with E-state index in [2.05, 4.69) is 23.3 Å². The Hall–Kier alpha value is -1.38. The number of hydrogen-bond donors (Lipinski definition) is 1. The molecule has 1 aromatic rings. The summed E-state index contributed by atoms with van der Waals surface area (Å²) in [6.07, 6.45) is 3.41. The van der Waals surface area contributed by atoms with Gasteiger partial charge in [0.25, 0.3) is 0 Å². The summed E-state index contributed by atoms with van der Waals surface area (Å²) in [5.74, 6) is 0.400. The van der Waals surface area contributed by atoms with Gasteiger partial charge in [0.2, 0.25) is 5.91 Å². The number of rotatable bonds is 2. The first kappa shape index (κ1) is 10.1. The summed E-state index contributed by atoms with van der Waals surface area (Å²) in [6.45, 7) is 4.11. The van der Waals surface area contributed by atoms with Gasteiger partial charge in [-0.2, -0.15) is 0 Å². The maximum Gasteiger partial charge on any atom is 0.220 e. The Morgan fingerprint density at radius 2 is 2.33 bits per heavy atom. The average Bonchev–Trinajstić information content (AvgIpc) is 2.61. The van der Waals surface area contributed by atoms with Crippen molar-refractivity contribution in [3.63, 3.8) is 0 Å². The summed E-state index contributed by atoms with van der Waals surface area (Å²) in [5, 5.41) is 2.99. The zero-order chi connectivity index (χ0) is 10.8. The summed E-state index contributed by atoms with van der Waals surface area (Å²) in [5.41, 5.74) is 2.19. The molecule has 3 heteroatoms. The molecule has 0 aromatic carbocycles. The van der Waals surface area contributed by atoms with Crippen molar-refractivity contribution >= 4 is 5.91 Å². The lowest BCUT2D eigenvalue weighted by molar-refractivity contribution is -0.119. The van der Waals surface area contributed by atoms with Gasteiger partial charge in [-0.1, -0.05) is 13.0 Å². The van der Waals surface area contributed by atoms with Crippen LogP contribution < -0.4 is 5.32 Å². The van der Waals surface area contributed by atoms with E-state index in [9.17, 15) is 4.79 Å². The van der Waals surface area contributed by atoms with Gasteiger partial charge in [-0.15, -0.1) is 0 Å². The van der Waals surface area contributed by atoms with Crippen LogP contribution in [-0.2, 0) is 4.79 Å². The quantitative estimate of drug-likeness (QED) is 0.797. The van der Waals surface area contributed by atoms with Crippen molar-refractivity contribution in [3.8, 4) is 0 Å². The number of carbonyl (C=O) groups is 1. The minimum atomic E-state index is 0.147. The summed E-state index contributed by atoms with van der Waals surface area (Å²) >= 11 is 0. The van der Waals surface area contributed by atoms with Crippen molar-refractivity contribution in [1.82, 2.24) is 10.3 Å². The van der Waals surface area contributed by atoms with Gasteiger partial charge in [-0.05, 0) is 25.0 Å². The lowest BCUT2D eigenvalue weighted by atomic mass is 9.94. The fraction of sp³-hybridized carbons (Fsp3) is 0.500. The number of aryl methyl sites for hydroxylation is 1. The van der Waals surface area contributed by atoms with Crippen LogP contribution in [0.15, 0.2) is 18.3 Å². The molecule has 80 valence electrons. The molecular weight excluding hydrogens is 188 g/mol. The first-order chi connectivity index (χ1) is 7.20. The Bertz CT molecular complexity index is 358. The number of pyridine rings is 1. The molecule has 0 radical (unpaired) electrons. The molecule has 2 heterocycles. The third-order valence-electron chi connectivity index (χ3n) is 2.99. The van der Waals surface area contributed by atoms with Crippen LogP contribution in [0.3, 0.4) is 0 Å². The molecule has 2 atom stereocenters. The topological polar surface area (TPSA) is 42.0 Å². The molecule has 1 aliphatic heterocycles. The zero-order valence-electron chi connectivity index (χ0n) is 9.16. The van der Waals surface area contributed by atoms with E-state index >= 15 is 0 Å². The molecule has 1 aliphatic rings. The monoisotopic (exact) mass is 204 g/mol. The van der Waals surface area contributed by atoms with Gasteiger partial charge in [0.05, 0.1) is 0 Å². The van der Waals surface area contributed by atoms with E-state index < -0.39 is 0 Å². The molecule has 3 nitrogen and oxygen atoms in total. The van der Waals surface area contributed by atoms with E-state index in [0.29, 0.717) is 6.42 Å². The van der Waals surface area contributed by atoms with Gasteiger partial charge >= 0.3 is 0 Å². The summed E-state index contributed by atoms with van der Waals surface area (Å²) in [6, 6.07) is 4.34. The van der Waals surface area contributed by atoms with Crippen molar-refractivity contribution in [2.75, 3.05) is 0 Å². The molecule has 1 aromatic heterocycles. The van der Waals surface area contributed by atoms with Gasteiger partial charge < -0.3 is 5.32 Å². The van der Waals surface area contributed by atoms with Gasteiger partial charge in [0, 0.05) is 30.3 Å². The number of nitrogens with zero attached hydrogens (tertiary/aromatic N) is 1.